The fraction of sp³-hybridized carbons (Fsp3) is 0.350. The number of carbonyl (C=O) groups is 5. The van der Waals surface area contributed by atoms with E-state index in [1.807, 2.05) is 23.1 Å². The van der Waals surface area contributed by atoms with Crippen molar-refractivity contribution < 1.29 is 43.4 Å². The number of hydrogen-bond donors (Lipinski definition) is 5. The summed E-state index contributed by atoms with van der Waals surface area (Å²) in [6.45, 7) is 1.59. The minimum absolute atomic E-state index is 0.0305. The molecule has 6 N–H and O–H groups in total. The summed E-state index contributed by atoms with van der Waals surface area (Å²) in [5.41, 5.74) is 9.61. The molecule has 0 aliphatic carbocycles. The Morgan fingerprint density at radius 3 is 2.43 bits per heavy atom. The molecule has 3 atom stereocenters. The Hall–Kier alpha value is -5.64. The number of carboxylic acids is 2. The van der Waals surface area contributed by atoms with Crippen LogP contribution in [-0.2, 0) is 30.4 Å². The number of aliphatic carboxylic acids is 1. The summed E-state index contributed by atoms with van der Waals surface area (Å²) in [4.78, 5) is 73.2. The summed E-state index contributed by atoms with van der Waals surface area (Å²) in [6.07, 6.45) is 3.38. The summed E-state index contributed by atoms with van der Waals surface area (Å²) in [6, 6.07) is 13.6. The predicted molar refractivity (Wildman–Crippen MR) is 206 cm³/mol. The van der Waals surface area contributed by atoms with Crippen molar-refractivity contribution in [2.45, 2.75) is 56.7 Å². The summed E-state index contributed by atoms with van der Waals surface area (Å²) in [5, 5.41) is 28.2. The first kappa shape index (κ1) is 40.0. The fourth-order valence-electron chi connectivity index (χ4n) is 7.27. The second-order valence-electron chi connectivity index (χ2n) is 13.8. The number of carboxylic acid groups (broad SMARTS) is 2. The molecule has 3 aliphatic rings. The quantitative estimate of drug-likeness (QED) is 0.147. The van der Waals surface area contributed by atoms with E-state index in [-0.39, 0.29) is 47.3 Å². The summed E-state index contributed by atoms with van der Waals surface area (Å²) in [5.74, 6) is -4.31. The maximum atomic E-state index is 14.8. The monoisotopic (exact) mass is 788 g/mol. The van der Waals surface area contributed by atoms with Crippen molar-refractivity contribution in [1.29, 1.82) is 0 Å². The van der Waals surface area contributed by atoms with Gasteiger partial charge >= 0.3 is 11.9 Å². The van der Waals surface area contributed by atoms with Gasteiger partial charge in [-0.1, -0.05) is 47.1 Å². The first-order chi connectivity index (χ1) is 26.9. The van der Waals surface area contributed by atoms with Crippen molar-refractivity contribution in [2.75, 3.05) is 38.0 Å². The Morgan fingerprint density at radius 1 is 0.982 bits per heavy atom. The van der Waals surface area contributed by atoms with Crippen LogP contribution >= 0.6 is 11.6 Å². The van der Waals surface area contributed by atoms with E-state index in [9.17, 15) is 38.6 Å². The van der Waals surface area contributed by atoms with Gasteiger partial charge in [0.2, 0.25) is 12.0 Å². The molecule has 0 saturated heterocycles. The lowest BCUT2D eigenvalue weighted by atomic mass is 9.84. The molecule has 2 unspecified atom stereocenters. The van der Waals surface area contributed by atoms with Gasteiger partial charge in [0.05, 0.1) is 22.8 Å². The van der Waals surface area contributed by atoms with Crippen LogP contribution in [0.3, 0.4) is 0 Å². The highest BCUT2D eigenvalue weighted by Gasteiger charge is 2.42. The highest BCUT2D eigenvalue weighted by Crippen LogP contribution is 2.38. The number of anilines is 1. The van der Waals surface area contributed by atoms with Crippen molar-refractivity contribution in [3.05, 3.63) is 105 Å². The van der Waals surface area contributed by atoms with E-state index in [0.717, 1.165) is 16.7 Å². The van der Waals surface area contributed by atoms with E-state index in [1.165, 1.54) is 41.3 Å². The van der Waals surface area contributed by atoms with Gasteiger partial charge in [-0.05, 0) is 97.3 Å². The number of carbonyl (C=O) groups excluding carboxylic acids is 3. The molecule has 3 amide bonds. The smallest absolute Gasteiger partial charge is 0.335 e. The minimum Gasteiger partial charge on any atom is -0.480 e. The molecule has 6 rings (SSSR count). The largest absolute Gasteiger partial charge is 0.480 e. The summed E-state index contributed by atoms with van der Waals surface area (Å²) < 4.78 is 14.8. The Kier molecular flexibility index (Phi) is 12.8. The van der Waals surface area contributed by atoms with Crippen LogP contribution in [0, 0.1) is 5.82 Å². The topological polar surface area (TPSA) is 204 Å². The lowest BCUT2D eigenvalue weighted by Crippen LogP contribution is -2.49. The molecule has 16 heteroatoms. The number of aromatic carboxylic acids is 1. The van der Waals surface area contributed by atoms with Crippen LogP contribution in [0.1, 0.15) is 70.8 Å². The Labute approximate surface area is 327 Å². The Balaban J connectivity index is 1.22. The van der Waals surface area contributed by atoms with Gasteiger partial charge < -0.3 is 36.3 Å². The molecule has 3 aromatic rings. The lowest BCUT2D eigenvalue weighted by molar-refractivity contribution is -0.148. The molecule has 3 aromatic carbocycles. The van der Waals surface area contributed by atoms with Crippen molar-refractivity contribution >= 4 is 58.2 Å². The zero-order valence-electron chi connectivity index (χ0n) is 30.4. The molecule has 14 nitrogen and oxygen atoms in total. The molecule has 0 aromatic heterocycles. The summed E-state index contributed by atoms with van der Waals surface area (Å²) in [7, 11) is 0. The maximum Gasteiger partial charge on any atom is 0.335 e. The molecule has 0 bridgehead atoms. The van der Waals surface area contributed by atoms with Crippen molar-refractivity contribution in [3.8, 4) is 0 Å². The fourth-order valence-corrected chi connectivity index (χ4v) is 7.44. The number of nitrogens with zero attached hydrogens (tertiary/aromatic N) is 3. The van der Waals surface area contributed by atoms with Crippen molar-refractivity contribution in [2.24, 2.45) is 10.9 Å². The number of halogens is 2. The third-order valence-electron chi connectivity index (χ3n) is 10.1. The van der Waals surface area contributed by atoms with Crippen LogP contribution in [0.5, 0.6) is 0 Å². The van der Waals surface area contributed by atoms with Crippen LogP contribution in [0.4, 0.5) is 10.1 Å². The number of rotatable bonds is 14. The number of oxime groups is 1. The molecular weight excluding hydrogens is 747 g/mol. The van der Waals surface area contributed by atoms with E-state index in [2.05, 4.69) is 15.8 Å². The number of nitrogens with one attached hydrogen (secondary N) is 2. The highest BCUT2D eigenvalue weighted by atomic mass is 35.5. The predicted octanol–water partition coefficient (Wildman–Crippen LogP) is 4.22. The maximum absolute atomic E-state index is 14.8. The van der Waals surface area contributed by atoms with Gasteiger partial charge in [-0.15, -0.1) is 0 Å². The standard InChI is InChI=1S/C40H42ClFN6O8/c41-30-8-4-7-29(35(30)42)32-21-33(56-46-32)38(51)48-20-16-27-26(5-3-6-28(27)36(48)37(50)44-25-12-10-24(11-13-25)39(52)53)23-14-18-47(19-15-23)22-34(49)45-31(40(54)55)9-1-2-17-43/h3-8,10-14,31,33,36H,1-2,9,15-22,43H2,(H,44,50)(H,45,49)(H,52,53)(H,54,55)/t31-,33?,36?/m0/s1. The van der Waals surface area contributed by atoms with Gasteiger partial charge in [-0.3, -0.25) is 19.3 Å². The molecule has 0 fully saturated rings. The average molecular weight is 789 g/mol. The molecule has 3 heterocycles. The van der Waals surface area contributed by atoms with E-state index >= 15 is 0 Å². The van der Waals surface area contributed by atoms with Gasteiger partial charge in [0.1, 0.15) is 12.1 Å². The van der Waals surface area contributed by atoms with Gasteiger partial charge in [-0.2, -0.15) is 0 Å². The number of amides is 3. The normalized spacial score (nSPS) is 18.5. The molecule has 0 spiro atoms. The number of benzene rings is 3. The van der Waals surface area contributed by atoms with Crippen LogP contribution in [-0.4, -0.2) is 100 Å². The molecule has 294 valence electrons. The Morgan fingerprint density at radius 2 is 1.73 bits per heavy atom. The van der Waals surface area contributed by atoms with Crippen LogP contribution in [0.15, 0.2) is 71.9 Å². The van der Waals surface area contributed by atoms with E-state index in [0.29, 0.717) is 63.0 Å². The zero-order chi connectivity index (χ0) is 39.9. The molecule has 0 radical (unpaired) electrons. The first-order valence-corrected chi connectivity index (χ1v) is 18.7. The van der Waals surface area contributed by atoms with E-state index in [4.69, 9.17) is 22.2 Å². The third-order valence-corrected chi connectivity index (χ3v) is 10.4. The van der Waals surface area contributed by atoms with Gasteiger partial charge in [0, 0.05) is 37.3 Å². The van der Waals surface area contributed by atoms with Gasteiger partial charge in [0.25, 0.3) is 11.8 Å². The second-order valence-corrected chi connectivity index (χ2v) is 14.2. The number of fused-ring (bicyclic) bond motifs is 1. The molecule has 0 saturated carbocycles. The molecular formula is C40H42ClFN6O8. The van der Waals surface area contributed by atoms with Crippen LogP contribution < -0.4 is 16.4 Å². The third kappa shape index (κ3) is 9.07. The first-order valence-electron chi connectivity index (χ1n) is 18.3. The van der Waals surface area contributed by atoms with E-state index < -0.39 is 47.8 Å². The van der Waals surface area contributed by atoms with Crippen molar-refractivity contribution in [1.82, 2.24) is 15.1 Å². The molecule has 3 aliphatic heterocycles. The lowest BCUT2D eigenvalue weighted by Gasteiger charge is -2.38. The average Bonchev–Trinajstić information content (AvgIpc) is 3.68. The van der Waals surface area contributed by atoms with E-state index in [1.54, 1.807) is 12.1 Å². The second kappa shape index (κ2) is 17.9. The number of unbranched alkanes of at least 4 members (excludes halogenated alkanes) is 1. The van der Waals surface area contributed by atoms with Crippen LogP contribution in [0.2, 0.25) is 5.02 Å². The SMILES string of the molecule is NCCCC[C@H](NC(=O)CN1CC=C(c2cccc3c2CCN(C(=O)C2CC(c4cccc(Cl)c4F)=NO2)C3C(=O)Nc2ccc(C(=O)O)cc2)CC1)C(=O)O. The van der Waals surface area contributed by atoms with Crippen molar-refractivity contribution in [3.63, 3.8) is 0 Å². The van der Waals surface area contributed by atoms with Gasteiger partial charge in [-0.25, -0.2) is 14.0 Å². The summed E-state index contributed by atoms with van der Waals surface area (Å²) >= 11 is 5.98. The van der Waals surface area contributed by atoms with Gasteiger partial charge in [0.15, 0.2) is 5.82 Å². The van der Waals surface area contributed by atoms with Crippen LogP contribution in [0.25, 0.3) is 5.57 Å². The highest BCUT2D eigenvalue weighted by molar-refractivity contribution is 6.31. The number of nitrogens with two attached hydrogens (primary N) is 1. The zero-order valence-corrected chi connectivity index (χ0v) is 31.1. The Bertz CT molecular complexity index is 2080. The number of hydrogen-bond acceptors (Lipinski definition) is 9. The molecule has 56 heavy (non-hydrogen) atoms. The minimum atomic E-state index is -1.13.